The van der Waals surface area contributed by atoms with Gasteiger partial charge in [0.15, 0.2) is 0 Å². The Labute approximate surface area is 91.0 Å². The zero-order chi connectivity index (χ0) is 11.3. The van der Waals surface area contributed by atoms with Crippen molar-refractivity contribution in [2.75, 3.05) is 7.05 Å². The van der Waals surface area contributed by atoms with Crippen molar-refractivity contribution in [1.29, 1.82) is 5.26 Å². The highest BCUT2D eigenvalue weighted by molar-refractivity contribution is 7.87. The van der Waals surface area contributed by atoms with Gasteiger partial charge in [-0.1, -0.05) is 19.3 Å². The predicted octanol–water partition coefficient (Wildman–Crippen LogP) is 0.513. The first-order chi connectivity index (χ1) is 7.09. The molecule has 1 unspecified atom stereocenters. The second-order valence-electron chi connectivity index (χ2n) is 3.83. The molecule has 1 aliphatic rings. The van der Waals surface area contributed by atoms with Crippen LogP contribution in [0.15, 0.2) is 0 Å². The van der Waals surface area contributed by atoms with E-state index < -0.39 is 16.3 Å². The first-order valence-corrected chi connectivity index (χ1v) is 6.68. The summed E-state index contributed by atoms with van der Waals surface area (Å²) in [6.07, 6.45) is 5.23. The third-order valence-electron chi connectivity index (χ3n) is 2.81. The summed E-state index contributed by atoms with van der Waals surface area (Å²) >= 11 is 0. The maximum atomic E-state index is 11.2. The highest BCUT2D eigenvalue weighted by Gasteiger charge is 2.26. The van der Waals surface area contributed by atoms with E-state index in [2.05, 4.69) is 9.44 Å². The molecule has 0 saturated heterocycles. The van der Waals surface area contributed by atoms with Crippen molar-refractivity contribution in [3.8, 4) is 6.07 Å². The number of rotatable bonds is 4. The quantitative estimate of drug-likeness (QED) is 0.739. The summed E-state index contributed by atoms with van der Waals surface area (Å²) in [6.45, 7) is 0. The van der Waals surface area contributed by atoms with Crippen LogP contribution in [-0.4, -0.2) is 21.5 Å². The van der Waals surface area contributed by atoms with E-state index in [4.69, 9.17) is 5.26 Å². The van der Waals surface area contributed by atoms with Crippen molar-refractivity contribution in [3.63, 3.8) is 0 Å². The minimum atomic E-state index is -3.50. The van der Waals surface area contributed by atoms with Gasteiger partial charge in [0.05, 0.1) is 6.07 Å². The van der Waals surface area contributed by atoms with E-state index in [1.54, 1.807) is 0 Å². The summed E-state index contributed by atoms with van der Waals surface area (Å²) in [5.74, 6) is 0.159. The van der Waals surface area contributed by atoms with E-state index in [0.29, 0.717) is 0 Å². The molecule has 1 aliphatic carbocycles. The Kier molecular flexibility index (Phi) is 4.51. The molecule has 1 fully saturated rings. The average molecular weight is 231 g/mol. The molecule has 0 aromatic carbocycles. The van der Waals surface area contributed by atoms with Crippen molar-refractivity contribution in [2.24, 2.45) is 5.92 Å². The number of hydrogen-bond acceptors (Lipinski definition) is 3. The molecular formula is C9H17N3O2S. The van der Waals surface area contributed by atoms with Gasteiger partial charge in [-0.3, -0.25) is 0 Å². The van der Waals surface area contributed by atoms with Crippen molar-refractivity contribution in [2.45, 2.75) is 38.1 Å². The normalized spacial score (nSPS) is 20.8. The SMILES string of the molecule is CNS(=O)(=O)NC(C#N)C1CCCCC1. The molecule has 6 heteroatoms. The molecule has 0 aliphatic heterocycles. The largest absolute Gasteiger partial charge is 0.277 e. The third kappa shape index (κ3) is 3.78. The molecule has 0 amide bonds. The molecule has 86 valence electrons. The molecule has 1 saturated carbocycles. The molecule has 1 rings (SSSR count). The molecule has 0 aromatic rings. The number of hydrogen-bond donors (Lipinski definition) is 2. The van der Waals surface area contributed by atoms with Gasteiger partial charge in [0.25, 0.3) is 10.2 Å². The number of nitriles is 1. The van der Waals surface area contributed by atoms with Gasteiger partial charge in [-0.05, 0) is 18.8 Å². The Bertz CT molecular complexity index is 328. The van der Waals surface area contributed by atoms with Crippen molar-refractivity contribution in [1.82, 2.24) is 9.44 Å². The Morgan fingerprint density at radius 1 is 1.33 bits per heavy atom. The maximum Gasteiger partial charge on any atom is 0.277 e. The van der Waals surface area contributed by atoms with Crippen LogP contribution in [0.25, 0.3) is 0 Å². The van der Waals surface area contributed by atoms with Crippen LogP contribution in [0.2, 0.25) is 0 Å². The van der Waals surface area contributed by atoms with E-state index in [1.807, 2.05) is 6.07 Å². The van der Waals surface area contributed by atoms with Gasteiger partial charge in [0.2, 0.25) is 0 Å². The first kappa shape index (κ1) is 12.4. The lowest BCUT2D eigenvalue weighted by molar-refractivity contribution is 0.323. The van der Waals surface area contributed by atoms with E-state index in [0.717, 1.165) is 25.7 Å². The Balaban J connectivity index is 2.60. The van der Waals surface area contributed by atoms with Gasteiger partial charge in [-0.25, -0.2) is 4.72 Å². The van der Waals surface area contributed by atoms with Gasteiger partial charge in [0, 0.05) is 7.05 Å². The zero-order valence-corrected chi connectivity index (χ0v) is 9.68. The Hall–Kier alpha value is -0.640. The van der Waals surface area contributed by atoms with Crippen molar-refractivity contribution >= 4 is 10.2 Å². The zero-order valence-electron chi connectivity index (χ0n) is 8.86. The lowest BCUT2D eigenvalue weighted by Gasteiger charge is -2.25. The van der Waals surface area contributed by atoms with E-state index in [9.17, 15) is 8.42 Å². The molecule has 0 heterocycles. The summed E-state index contributed by atoms with van der Waals surface area (Å²) in [5, 5.41) is 8.93. The van der Waals surface area contributed by atoms with Gasteiger partial charge < -0.3 is 0 Å². The highest BCUT2D eigenvalue weighted by atomic mass is 32.2. The number of nitrogens with one attached hydrogen (secondary N) is 2. The van der Waals surface area contributed by atoms with Crippen molar-refractivity contribution < 1.29 is 8.42 Å². The third-order valence-corrected chi connectivity index (χ3v) is 3.91. The van der Waals surface area contributed by atoms with E-state index >= 15 is 0 Å². The fraction of sp³-hybridized carbons (Fsp3) is 0.889. The molecule has 0 radical (unpaired) electrons. The fourth-order valence-electron chi connectivity index (χ4n) is 1.92. The van der Waals surface area contributed by atoms with Crippen LogP contribution in [-0.2, 0) is 10.2 Å². The van der Waals surface area contributed by atoms with Gasteiger partial charge >= 0.3 is 0 Å². The standard InChI is InChI=1S/C9H17N3O2S/c1-11-15(13,14)12-9(7-10)8-5-3-2-4-6-8/h8-9,11-12H,2-6H2,1H3. The summed E-state index contributed by atoms with van der Waals surface area (Å²) in [4.78, 5) is 0. The van der Waals surface area contributed by atoms with Crippen molar-refractivity contribution in [3.05, 3.63) is 0 Å². The molecule has 0 bridgehead atoms. The summed E-state index contributed by atoms with van der Waals surface area (Å²) < 4.78 is 27.0. The lowest BCUT2D eigenvalue weighted by Crippen LogP contribution is -2.44. The molecule has 2 N–H and O–H groups in total. The van der Waals surface area contributed by atoms with Gasteiger partial charge in [-0.2, -0.15) is 18.4 Å². The Morgan fingerprint density at radius 2 is 1.93 bits per heavy atom. The monoisotopic (exact) mass is 231 g/mol. The molecule has 0 aromatic heterocycles. The molecule has 1 atom stereocenters. The summed E-state index contributed by atoms with van der Waals surface area (Å²) in [6, 6.07) is 1.44. The highest BCUT2D eigenvalue weighted by Crippen LogP contribution is 2.26. The Morgan fingerprint density at radius 3 is 2.40 bits per heavy atom. The second-order valence-corrected chi connectivity index (χ2v) is 5.48. The van der Waals surface area contributed by atoms with Crippen LogP contribution in [0.5, 0.6) is 0 Å². The van der Waals surface area contributed by atoms with E-state index in [1.165, 1.54) is 13.5 Å². The lowest BCUT2D eigenvalue weighted by atomic mass is 9.85. The minimum absolute atomic E-state index is 0.159. The molecule has 15 heavy (non-hydrogen) atoms. The minimum Gasteiger partial charge on any atom is -0.205 e. The first-order valence-electron chi connectivity index (χ1n) is 5.19. The molecule has 0 spiro atoms. The van der Waals surface area contributed by atoms with Gasteiger partial charge in [-0.15, -0.1) is 0 Å². The second kappa shape index (κ2) is 5.45. The molecule has 5 nitrogen and oxygen atoms in total. The predicted molar refractivity (Wildman–Crippen MR) is 57.1 cm³/mol. The van der Waals surface area contributed by atoms with Crippen LogP contribution in [0.1, 0.15) is 32.1 Å². The van der Waals surface area contributed by atoms with Crippen LogP contribution >= 0.6 is 0 Å². The maximum absolute atomic E-state index is 11.2. The summed E-state index contributed by atoms with van der Waals surface area (Å²) in [7, 11) is -2.17. The van der Waals surface area contributed by atoms with Crippen LogP contribution in [0.3, 0.4) is 0 Å². The average Bonchev–Trinajstić information content (AvgIpc) is 2.27. The van der Waals surface area contributed by atoms with Gasteiger partial charge in [0.1, 0.15) is 6.04 Å². The van der Waals surface area contributed by atoms with E-state index in [-0.39, 0.29) is 5.92 Å². The topological polar surface area (TPSA) is 82.0 Å². The van der Waals surface area contributed by atoms with Crippen LogP contribution in [0.4, 0.5) is 0 Å². The molecular weight excluding hydrogens is 214 g/mol. The van der Waals surface area contributed by atoms with Crippen LogP contribution < -0.4 is 9.44 Å². The summed E-state index contributed by atoms with van der Waals surface area (Å²) in [5.41, 5.74) is 0. The van der Waals surface area contributed by atoms with Crippen LogP contribution in [0, 0.1) is 17.2 Å². The smallest absolute Gasteiger partial charge is 0.205 e. The number of nitrogens with zero attached hydrogens (tertiary/aromatic N) is 1. The fourth-order valence-corrected chi connectivity index (χ4v) is 2.62.